The van der Waals surface area contributed by atoms with Crippen LogP contribution in [-0.2, 0) is 12.8 Å². The molecule has 0 unspecified atom stereocenters. The predicted molar refractivity (Wildman–Crippen MR) is 73.0 cm³/mol. The summed E-state index contributed by atoms with van der Waals surface area (Å²) >= 11 is 0. The van der Waals surface area contributed by atoms with Crippen LogP contribution in [0.2, 0.25) is 0 Å². The van der Waals surface area contributed by atoms with Crippen LogP contribution in [0.3, 0.4) is 0 Å². The minimum absolute atomic E-state index is 0.171. The smallest absolute Gasteiger partial charge is 0.135 e. The number of rotatable bonds is 1. The van der Waals surface area contributed by atoms with E-state index in [4.69, 9.17) is 0 Å². The molecule has 0 aromatic carbocycles. The van der Waals surface area contributed by atoms with E-state index in [1.165, 1.54) is 29.9 Å². The molecule has 0 spiro atoms. The van der Waals surface area contributed by atoms with E-state index in [2.05, 4.69) is 34.0 Å². The Kier molecular flexibility index (Phi) is 2.98. The Labute approximate surface area is 109 Å². The summed E-state index contributed by atoms with van der Waals surface area (Å²) in [5.41, 5.74) is 2.86. The predicted octanol–water partition coefficient (Wildman–Crippen LogP) is 1.54. The fraction of sp³-hybridized carbons (Fsp3) is 0.714. The van der Waals surface area contributed by atoms with Gasteiger partial charge in [0, 0.05) is 36.4 Å². The average Bonchev–Trinajstić information content (AvgIpc) is 2.37. The standard InChI is InChI=1S/C14H22N4/c1-14(2)9-18(8-7-17-14)13-11-5-3-4-6-12(11)15-10-16-13/h10,17H,3-9H2,1-2H3. The Morgan fingerprint density at radius 3 is 2.89 bits per heavy atom. The lowest BCUT2D eigenvalue weighted by Gasteiger charge is -2.40. The number of nitrogens with zero attached hydrogens (tertiary/aromatic N) is 3. The van der Waals surface area contributed by atoms with Crippen LogP contribution in [0.4, 0.5) is 5.82 Å². The van der Waals surface area contributed by atoms with Crippen molar-refractivity contribution in [1.82, 2.24) is 15.3 Å². The summed E-state index contributed by atoms with van der Waals surface area (Å²) in [5, 5.41) is 3.55. The maximum absolute atomic E-state index is 4.57. The summed E-state index contributed by atoms with van der Waals surface area (Å²) in [6, 6.07) is 0. The highest BCUT2D eigenvalue weighted by Gasteiger charge is 2.28. The number of hydrogen-bond donors (Lipinski definition) is 1. The van der Waals surface area contributed by atoms with Gasteiger partial charge in [0.2, 0.25) is 0 Å². The van der Waals surface area contributed by atoms with Crippen LogP contribution < -0.4 is 10.2 Å². The fourth-order valence-corrected chi connectivity index (χ4v) is 3.10. The lowest BCUT2D eigenvalue weighted by molar-refractivity contribution is 0.351. The molecule has 1 aromatic heterocycles. The molecule has 3 rings (SSSR count). The molecule has 4 heteroatoms. The molecule has 0 bridgehead atoms. The Hall–Kier alpha value is -1.16. The normalized spacial score (nSPS) is 22.7. The second-order valence-electron chi connectivity index (χ2n) is 6.06. The number of aryl methyl sites for hydroxylation is 1. The van der Waals surface area contributed by atoms with Crippen LogP contribution in [-0.4, -0.2) is 35.1 Å². The lowest BCUT2D eigenvalue weighted by Crippen LogP contribution is -2.57. The first-order valence-corrected chi connectivity index (χ1v) is 6.98. The van der Waals surface area contributed by atoms with Gasteiger partial charge in [-0.3, -0.25) is 0 Å². The SMILES string of the molecule is CC1(C)CN(c2ncnc3c2CCCC3)CCN1. The first-order valence-electron chi connectivity index (χ1n) is 6.98. The third-order valence-electron chi connectivity index (χ3n) is 3.97. The van der Waals surface area contributed by atoms with Gasteiger partial charge in [-0.15, -0.1) is 0 Å². The molecule has 0 saturated carbocycles. The van der Waals surface area contributed by atoms with E-state index in [9.17, 15) is 0 Å². The molecule has 1 fully saturated rings. The molecule has 2 heterocycles. The van der Waals surface area contributed by atoms with Crippen molar-refractivity contribution in [2.75, 3.05) is 24.5 Å². The van der Waals surface area contributed by atoms with Crippen LogP contribution in [0.1, 0.15) is 37.9 Å². The van der Waals surface area contributed by atoms with Crippen LogP contribution in [0.25, 0.3) is 0 Å². The number of aromatic nitrogens is 2. The second-order valence-corrected chi connectivity index (χ2v) is 6.06. The topological polar surface area (TPSA) is 41.1 Å². The van der Waals surface area contributed by atoms with Crippen molar-refractivity contribution >= 4 is 5.82 Å². The molecular formula is C14H22N4. The van der Waals surface area contributed by atoms with E-state index in [0.717, 1.165) is 32.5 Å². The van der Waals surface area contributed by atoms with Gasteiger partial charge in [-0.25, -0.2) is 9.97 Å². The first-order chi connectivity index (χ1) is 8.66. The molecule has 0 atom stereocenters. The van der Waals surface area contributed by atoms with Crippen LogP contribution in [0.5, 0.6) is 0 Å². The molecule has 0 amide bonds. The maximum atomic E-state index is 4.57. The van der Waals surface area contributed by atoms with Crippen molar-refractivity contribution in [3.8, 4) is 0 Å². The number of anilines is 1. The molecule has 4 nitrogen and oxygen atoms in total. The van der Waals surface area contributed by atoms with Crippen LogP contribution in [0.15, 0.2) is 6.33 Å². The highest BCUT2D eigenvalue weighted by atomic mass is 15.3. The summed E-state index contributed by atoms with van der Waals surface area (Å²) in [6.45, 7) is 7.62. The number of hydrogen-bond acceptors (Lipinski definition) is 4. The van der Waals surface area contributed by atoms with E-state index in [-0.39, 0.29) is 5.54 Å². The molecule has 98 valence electrons. The average molecular weight is 246 g/mol. The van der Waals surface area contributed by atoms with Crippen LogP contribution >= 0.6 is 0 Å². The van der Waals surface area contributed by atoms with Gasteiger partial charge in [-0.1, -0.05) is 0 Å². The minimum Gasteiger partial charge on any atom is -0.353 e. The zero-order valence-electron chi connectivity index (χ0n) is 11.4. The Morgan fingerprint density at radius 1 is 1.22 bits per heavy atom. The Balaban J connectivity index is 1.92. The summed E-state index contributed by atoms with van der Waals surface area (Å²) in [4.78, 5) is 11.5. The molecule has 1 aliphatic carbocycles. The molecule has 1 aromatic rings. The summed E-state index contributed by atoms with van der Waals surface area (Å²) in [6.07, 6.45) is 6.57. The molecule has 0 radical (unpaired) electrons. The molecule has 18 heavy (non-hydrogen) atoms. The van der Waals surface area contributed by atoms with Crippen molar-refractivity contribution in [2.45, 2.75) is 45.1 Å². The van der Waals surface area contributed by atoms with Gasteiger partial charge in [-0.2, -0.15) is 0 Å². The number of fused-ring (bicyclic) bond motifs is 1. The maximum Gasteiger partial charge on any atom is 0.135 e. The van der Waals surface area contributed by atoms with Gasteiger partial charge in [0.25, 0.3) is 0 Å². The highest BCUT2D eigenvalue weighted by molar-refractivity contribution is 5.50. The molecular weight excluding hydrogens is 224 g/mol. The second kappa shape index (κ2) is 4.50. The molecule has 1 aliphatic heterocycles. The Morgan fingerprint density at radius 2 is 2.06 bits per heavy atom. The molecule has 1 N–H and O–H groups in total. The fourth-order valence-electron chi connectivity index (χ4n) is 3.10. The van der Waals surface area contributed by atoms with Gasteiger partial charge >= 0.3 is 0 Å². The van der Waals surface area contributed by atoms with Gasteiger partial charge < -0.3 is 10.2 Å². The third kappa shape index (κ3) is 2.21. The lowest BCUT2D eigenvalue weighted by atomic mass is 9.95. The summed E-state index contributed by atoms with van der Waals surface area (Å²) in [5.74, 6) is 1.19. The van der Waals surface area contributed by atoms with Gasteiger partial charge in [0.05, 0.1) is 0 Å². The number of nitrogens with one attached hydrogen (secondary N) is 1. The van der Waals surface area contributed by atoms with E-state index in [0.29, 0.717) is 0 Å². The minimum atomic E-state index is 0.171. The van der Waals surface area contributed by atoms with Crippen molar-refractivity contribution in [3.05, 3.63) is 17.6 Å². The van der Waals surface area contributed by atoms with Crippen molar-refractivity contribution in [2.24, 2.45) is 0 Å². The highest BCUT2D eigenvalue weighted by Crippen LogP contribution is 2.28. The van der Waals surface area contributed by atoms with Gasteiger partial charge in [0.1, 0.15) is 12.1 Å². The Bertz CT molecular complexity index is 441. The van der Waals surface area contributed by atoms with Gasteiger partial charge in [-0.05, 0) is 39.5 Å². The largest absolute Gasteiger partial charge is 0.353 e. The third-order valence-corrected chi connectivity index (χ3v) is 3.97. The zero-order valence-corrected chi connectivity index (χ0v) is 11.4. The zero-order chi connectivity index (χ0) is 12.6. The van der Waals surface area contributed by atoms with E-state index in [1.54, 1.807) is 6.33 Å². The van der Waals surface area contributed by atoms with Crippen molar-refractivity contribution in [3.63, 3.8) is 0 Å². The summed E-state index contributed by atoms with van der Waals surface area (Å²) in [7, 11) is 0. The first kappa shape index (κ1) is 11.9. The van der Waals surface area contributed by atoms with Crippen molar-refractivity contribution in [1.29, 1.82) is 0 Å². The van der Waals surface area contributed by atoms with Crippen molar-refractivity contribution < 1.29 is 0 Å². The quantitative estimate of drug-likeness (QED) is 0.816. The monoisotopic (exact) mass is 246 g/mol. The van der Waals surface area contributed by atoms with E-state index in [1.807, 2.05) is 0 Å². The van der Waals surface area contributed by atoms with E-state index < -0.39 is 0 Å². The molecule has 1 saturated heterocycles. The summed E-state index contributed by atoms with van der Waals surface area (Å²) < 4.78 is 0. The van der Waals surface area contributed by atoms with E-state index >= 15 is 0 Å². The van der Waals surface area contributed by atoms with Gasteiger partial charge in [0.15, 0.2) is 0 Å². The van der Waals surface area contributed by atoms with Crippen LogP contribution in [0, 0.1) is 0 Å². The molecule has 2 aliphatic rings. The number of piperazine rings is 1.